The molecule has 0 aromatic heterocycles. The number of nitrogens with two attached hydrogens (primary N) is 1. The van der Waals surface area contributed by atoms with Gasteiger partial charge in [-0.3, -0.25) is 4.72 Å². The zero-order chi connectivity index (χ0) is 12.4. The van der Waals surface area contributed by atoms with E-state index < -0.39 is 20.2 Å². The predicted octanol–water partition coefficient (Wildman–Crippen LogP) is -0.790. The minimum atomic E-state index is -3.76. The Hall–Kier alpha value is -1.16. The Bertz CT molecular complexity index is 562. The van der Waals surface area contributed by atoms with E-state index in [9.17, 15) is 16.8 Å². The van der Waals surface area contributed by atoms with Crippen LogP contribution in [0, 0.1) is 0 Å². The highest BCUT2D eigenvalue weighted by atomic mass is 32.2. The van der Waals surface area contributed by atoms with Gasteiger partial charge in [0.2, 0.25) is 10.0 Å². The van der Waals surface area contributed by atoms with Gasteiger partial charge in [-0.05, 0) is 24.3 Å². The van der Waals surface area contributed by atoms with Gasteiger partial charge < -0.3 is 0 Å². The average molecular weight is 265 g/mol. The molecule has 0 atom stereocenters. The molecule has 0 aliphatic heterocycles. The Labute approximate surface area is 93.9 Å². The van der Waals surface area contributed by atoms with Gasteiger partial charge in [0.15, 0.2) is 0 Å². The van der Waals surface area contributed by atoms with E-state index in [-0.39, 0.29) is 10.6 Å². The standard InChI is InChI=1S/C7H11N3O4S2/c1-9-16(13,14)10-6-2-4-7(5-3-6)15(8,11)12/h2-5,9-10H,1H3,(H2,8,11,12). The van der Waals surface area contributed by atoms with E-state index in [0.29, 0.717) is 0 Å². The molecule has 7 nitrogen and oxygen atoms in total. The van der Waals surface area contributed by atoms with Gasteiger partial charge in [-0.1, -0.05) is 0 Å². The molecule has 0 radical (unpaired) electrons. The highest BCUT2D eigenvalue weighted by Crippen LogP contribution is 2.13. The predicted molar refractivity (Wildman–Crippen MR) is 59.4 cm³/mol. The number of sulfonamides is 1. The average Bonchev–Trinajstić information content (AvgIpc) is 2.16. The lowest BCUT2D eigenvalue weighted by Crippen LogP contribution is -2.26. The second-order valence-corrected chi connectivity index (χ2v) is 6.06. The molecule has 0 saturated heterocycles. The Morgan fingerprint density at radius 2 is 1.56 bits per heavy atom. The molecule has 16 heavy (non-hydrogen) atoms. The molecular weight excluding hydrogens is 254 g/mol. The summed E-state index contributed by atoms with van der Waals surface area (Å²) in [6.07, 6.45) is 0. The first-order valence-electron chi connectivity index (χ1n) is 4.09. The van der Waals surface area contributed by atoms with E-state index in [1.54, 1.807) is 0 Å². The first-order chi connectivity index (χ1) is 7.24. The number of nitrogens with one attached hydrogen (secondary N) is 2. The maximum absolute atomic E-state index is 11.1. The van der Waals surface area contributed by atoms with Crippen LogP contribution in [0.2, 0.25) is 0 Å². The number of hydrogen-bond donors (Lipinski definition) is 3. The monoisotopic (exact) mass is 265 g/mol. The minimum absolute atomic E-state index is 0.0834. The summed E-state index contributed by atoms with van der Waals surface area (Å²) in [4.78, 5) is -0.0834. The van der Waals surface area contributed by atoms with Gasteiger partial charge in [0, 0.05) is 12.7 Å². The molecule has 1 aromatic rings. The molecule has 1 aromatic carbocycles. The maximum Gasteiger partial charge on any atom is 0.298 e. The van der Waals surface area contributed by atoms with E-state index in [0.717, 1.165) is 0 Å². The smallest absolute Gasteiger partial charge is 0.271 e. The first-order valence-corrected chi connectivity index (χ1v) is 7.12. The van der Waals surface area contributed by atoms with Crippen molar-refractivity contribution in [1.82, 2.24) is 4.72 Å². The fraction of sp³-hybridized carbons (Fsp3) is 0.143. The Kier molecular flexibility index (Phi) is 3.53. The molecule has 90 valence electrons. The van der Waals surface area contributed by atoms with Gasteiger partial charge in [0.05, 0.1) is 4.90 Å². The van der Waals surface area contributed by atoms with Crippen LogP contribution in [0.25, 0.3) is 0 Å². The SMILES string of the molecule is CNS(=O)(=O)Nc1ccc(S(N)(=O)=O)cc1. The van der Waals surface area contributed by atoms with Crippen molar-refractivity contribution in [2.75, 3.05) is 11.8 Å². The summed E-state index contributed by atoms with van der Waals surface area (Å²) in [5, 5.41) is 4.88. The summed E-state index contributed by atoms with van der Waals surface area (Å²) in [7, 11) is -6.11. The molecule has 9 heteroatoms. The molecular formula is C7H11N3O4S2. The van der Waals surface area contributed by atoms with Crippen molar-refractivity contribution < 1.29 is 16.8 Å². The Morgan fingerprint density at radius 3 is 1.94 bits per heavy atom. The number of anilines is 1. The number of benzene rings is 1. The van der Waals surface area contributed by atoms with Crippen LogP contribution in [-0.4, -0.2) is 23.9 Å². The molecule has 0 spiro atoms. The highest BCUT2D eigenvalue weighted by Gasteiger charge is 2.09. The number of primary sulfonamides is 1. The number of hydrogen-bond acceptors (Lipinski definition) is 4. The second kappa shape index (κ2) is 4.37. The third-order valence-corrected chi connectivity index (χ3v) is 3.67. The second-order valence-electron chi connectivity index (χ2n) is 2.88. The van der Waals surface area contributed by atoms with Gasteiger partial charge in [-0.2, -0.15) is 8.42 Å². The quantitative estimate of drug-likeness (QED) is 0.661. The maximum atomic E-state index is 11.1. The van der Waals surface area contributed by atoms with Crippen molar-refractivity contribution in [3.05, 3.63) is 24.3 Å². The summed E-state index contributed by atoms with van der Waals surface area (Å²) in [6, 6.07) is 5.02. The third kappa shape index (κ3) is 3.45. The van der Waals surface area contributed by atoms with Gasteiger partial charge in [-0.15, -0.1) is 0 Å². The van der Waals surface area contributed by atoms with Crippen LogP contribution in [0.15, 0.2) is 29.2 Å². The molecule has 0 amide bonds. The Balaban J connectivity index is 2.97. The molecule has 0 heterocycles. The third-order valence-electron chi connectivity index (χ3n) is 1.70. The zero-order valence-corrected chi connectivity index (χ0v) is 9.97. The van der Waals surface area contributed by atoms with Gasteiger partial charge in [-0.25, -0.2) is 18.3 Å². The van der Waals surface area contributed by atoms with Crippen molar-refractivity contribution in [2.45, 2.75) is 4.90 Å². The van der Waals surface area contributed by atoms with Crippen LogP contribution in [0.4, 0.5) is 5.69 Å². The van der Waals surface area contributed by atoms with E-state index in [4.69, 9.17) is 5.14 Å². The summed E-state index contributed by atoms with van der Waals surface area (Å²) >= 11 is 0. The normalized spacial score (nSPS) is 12.4. The molecule has 0 aliphatic rings. The van der Waals surface area contributed by atoms with Gasteiger partial charge in [0.1, 0.15) is 0 Å². The Morgan fingerprint density at radius 1 is 1.06 bits per heavy atom. The largest absolute Gasteiger partial charge is 0.298 e. The van der Waals surface area contributed by atoms with Crippen LogP contribution in [0.3, 0.4) is 0 Å². The summed E-state index contributed by atoms with van der Waals surface area (Å²) in [6.45, 7) is 0. The lowest BCUT2D eigenvalue weighted by atomic mass is 10.3. The van der Waals surface area contributed by atoms with Crippen molar-refractivity contribution >= 4 is 25.9 Å². The minimum Gasteiger partial charge on any atom is -0.271 e. The lowest BCUT2D eigenvalue weighted by Gasteiger charge is -2.06. The van der Waals surface area contributed by atoms with Crippen molar-refractivity contribution in [1.29, 1.82) is 0 Å². The summed E-state index contributed by atoms with van der Waals surface area (Å²) in [5.74, 6) is 0. The molecule has 0 unspecified atom stereocenters. The molecule has 0 fully saturated rings. The van der Waals surface area contributed by atoms with Gasteiger partial charge in [0.25, 0.3) is 10.2 Å². The fourth-order valence-electron chi connectivity index (χ4n) is 0.919. The van der Waals surface area contributed by atoms with Crippen molar-refractivity contribution in [3.8, 4) is 0 Å². The topological polar surface area (TPSA) is 118 Å². The van der Waals surface area contributed by atoms with E-state index >= 15 is 0 Å². The van der Waals surface area contributed by atoms with Crippen LogP contribution in [-0.2, 0) is 20.2 Å². The first kappa shape index (κ1) is 12.9. The van der Waals surface area contributed by atoms with Crippen LogP contribution in [0.1, 0.15) is 0 Å². The lowest BCUT2D eigenvalue weighted by molar-refractivity contribution is 0.593. The fourth-order valence-corrected chi connectivity index (χ4v) is 1.98. The zero-order valence-electron chi connectivity index (χ0n) is 8.34. The van der Waals surface area contributed by atoms with Crippen LogP contribution in [0.5, 0.6) is 0 Å². The van der Waals surface area contributed by atoms with Crippen LogP contribution >= 0.6 is 0 Å². The summed E-state index contributed by atoms with van der Waals surface area (Å²) < 4.78 is 48.2. The van der Waals surface area contributed by atoms with E-state index in [2.05, 4.69) is 9.44 Å². The molecule has 1 rings (SSSR count). The van der Waals surface area contributed by atoms with Crippen LogP contribution < -0.4 is 14.6 Å². The van der Waals surface area contributed by atoms with Crippen molar-refractivity contribution in [3.63, 3.8) is 0 Å². The van der Waals surface area contributed by atoms with E-state index in [1.165, 1.54) is 31.3 Å². The molecule has 4 N–H and O–H groups in total. The van der Waals surface area contributed by atoms with Gasteiger partial charge >= 0.3 is 0 Å². The molecule has 0 bridgehead atoms. The van der Waals surface area contributed by atoms with Crippen molar-refractivity contribution in [2.24, 2.45) is 5.14 Å². The summed E-state index contributed by atoms with van der Waals surface area (Å²) in [5.41, 5.74) is 0.238. The molecule has 0 saturated carbocycles. The number of rotatable bonds is 4. The molecule has 0 aliphatic carbocycles. The highest BCUT2D eigenvalue weighted by molar-refractivity contribution is 7.90. The van der Waals surface area contributed by atoms with E-state index in [1.807, 2.05) is 0 Å².